The number of amides is 1. The molecule has 0 saturated carbocycles. The summed E-state index contributed by atoms with van der Waals surface area (Å²) in [5, 5.41) is 11.7. The lowest BCUT2D eigenvalue weighted by atomic mass is 10.2. The number of carbonyl (C=O) groups excluding carboxylic acids is 1. The number of halogens is 1. The van der Waals surface area contributed by atoms with E-state index >= 15 is 0 Å². The number of aromatic nitrogens is 4. The average molecular weight is 358 g/mol. The van der Waals surface area contributed by atoms with E-state index in [0.29, 0.717) is 17.3 Å². The van der Waals surface area contributed by atoms with Gasteiger partial charge in [-0.15, -0.1) is 5.10 Å². The van der Waals surface area contributed by atoms with Crippen LogP contribution < -0.4 is 4.74 Å². The Bertz CT molecular complexity index is 837. The molecule has 0 fully saturated rings. The molecule has 1 aromatic heterocycles. The molecule has 0 atom stereocenters. The molecule has 7 nitrogen and oxygen atoms in total. The van der Waals surface area contributed by atoms with Crippen LogP contribution in [0.1, 0.15) is 5.56 Å². The third-order valence-corrected chi connectivity index (χ3v) is 3.80. The number of hydrogen-bond acceptors (Lipinski definition) is 5. The second-order valence-corrected chi connectivity index (χ2v) is 5.85. The van der Waals surface area contributed by atoms with Gasteiger partial charge in [-0.2, -0.15) is 0 Å². The number of nitrogens with zero attached hydrogens (tertiary/aromatic N) is 5. The van der Waals surface area contributed by atoms with Gasteiger partial charge in [-0.05, 0) is 40.3 Å². The molecule has 0 bridgehead atoms. The Hall–Kier alpha value is -2.93. The molecule has 8 heteroatoms. The molecule has 128 valence electrons. The fourth-order valence-corrected chi connectivity index (χ4v) is 2.33. The van der Waals surface area contributed by atoms with Crippen molar-refractivity contribution in [2.24, 2.45) is 0 Å². The summed E-state index contributed by atoms with van der Waals surface area (Å²) in [6.07, 6.45) is 1.49. The van der Waals surface area contributed by atoms with Gasteiger partial charge in [0.2, 0.25) is 0 Å². The van der Waals surface area contributed by atoms with Crippen molar-refractivity contribution in [3.05, 3.63) is 65.4 Å². The normalized spacial score (nSPS) is 10.5. The first kappa shape index (κ1) is 16.9. The molecule has 0 aliphatic carbocycles. The molecule has 0 unspecified atom stereocenters. The second-order valence-electron chi connectivity index (χ2n) is 5.42. The number of tetrazole rings is 1. The maximum Gasteiger partial charge on any atom is 0.260 e. The van der Waals surface area contributed by atoms with Crippen LogP contribution in [0.4, 0.5) is 0 Å². The number of likely N-dealkylation sites (N-methyl/N-ethyl adjacent to an activating group) is 1. The summed E-state index contributed by atoms with van der Waals surface area (Å²) in [5.41, 5.74) is 1.75. The summed E-state index contributed by atoms with van der Waals surface area (Å²) in [5.74, 6) is 0.448. The molecule has 1 heterocycles. The molecule has 0 aliphatic rings. The smallest absolute Gasteiger partial charge is 0.260 e. The Morgan fingerprint density at radius 2 is 2.04 bits per heavy atom. The molecular weight excluding hydrogens is 342 g/mol. The Balaban J connectivity index is 1.56. The topological polar surface area (TPSA) is 73.1 Å². The van der Waals surface area contributed by atoms with Gasteiger partial charge in [0.25, 0.3) is 5.91 Å². The highest BCUT2D eigenvalue weighted by Crippen LogP contribution is 2.16. The molecule has 0 N–H and O–H groups in total. The van der Waals surface area contributed by atoms with Crippen molar-refractivity contribution in [1.82, 2.24) is 25.1 Å². The van der Waals surface area contributed by atoms with Gasteiger partial charge in [0, 0.05) is 24.7 Å². The Morgan fingerprint density at radius 1 is 1.24 bits per heavy atom. The molecule has 3 aromatic rings. The zero-order valence-corrected chi connectivity index (χ0v) is 14.3. The van der Waals surface area contributed by atoms with E-state index in [1.807, 2.05) is 24.3 Å². The molecule has 1 amide bonds. The highest BCUT2D eigenvalue weighted by molar-refractivity contribution is 6.30. The van der Waals surface area contributed by atoms with Crippen LogP contribution >= 0.6 is 11.6 Å². The highest BCUT2D eigenvalue weighted by atomic mass is 35.5. The number of ether oxygens (including phenoxy) is 1. The molecular formula is C17H16ClN5O2. The quantitative estimate of drug-likeness (QED) is 0.677. The standard InChI is InChI=1S/C17H16ClN5O2/c1-22(10-13-5-7-14(18)8-6-13)17(24)11-25-16-4-2-3-15(9-16)23-12-19-20-21-23/h2-9,12H,10-11H2,1H3. The van der Waals surface area contributed by atoms with Gasteiger partial charge in [0.15, 0.2) is 6.61 Å². The van der Waals surface area contributed by atoms with Crippen molar-refractivity contribution in [3.8, 4) is 11.4 Å². The van der Waals surface area contributed by atoms with Gasteiger partial charge >= 0.3 is 0 Å². The third kappa shape index (κ3) is 4.54. The van der Waals surface area contributed by atoms with Crippen LogP contribution in [0.5, 0.6) is 5.75 Å². The van der Waals surface area contributed by atoms with Gasteiger partial charge in [0.1, 0.15) is 12.1 Å². The van der Waals surface area contributed by atoms with Gasteiger partial charge in [-0.1, -0.05) is 29.8 Å². The predicted octanol–water partition coefficient (Wildman–Crippen LogP) is 2.35. The lowest BCUT2D eigenvalue weighted by Crippen LogP contribution is -2.30. The zero-order chi connectivity index (χ0) is 17.6. The van der Waals surface area contributed by atoms with Crippen molar-refractivity contribution < 1.29 is 9.53 Å². The summed E-state index contributed by atoms with van der Waals surface area (Å²) >= 11 is 5.86. The van der Waals surface area contributed by atoms with Crippen LogP contribution in [0.25, 0.3) is 5.69 Å². The van der Waals surface area contributed by atoms with Crippen molar-refractivity contribution in [3.63, 3.8) is 0 Å². The minimum absolute atomic E-state index is 0.0524. The van der Waals surface area contributed by atoms with Crippen LogP contribution in [-0.2, 0) is 11.3 Å². The molecule has 0 aliphatic heterocycles. The van der Waals surface area contributed by atoms with Crippen molar-refractivity contribution in [2.75, 3.05) is 13.7 Å². The first-order valence-corrected chi connectivity index (χ1v) is 7.94. The van der Waals surface area contributed by atoms with Crippen LogP contribution in [0.3, 0.4) is 0 Å². The van der Waals surface area contributed by atoms with Crippen molar-refractivity contribution in [2.45, 2.75) is 6.54 Å². The number of hydrogen-bond donors (Lipinski definition) is 0. The largest absolute Gasteiger partial charge is 0.484 e. The van der Waals surface area contributed by atoms with Crippen LogP contribution in [-0.4, -0.2) is 44.7 Å². The van der Waals surface area contributed by atoms with E-state index in [1.165, 1.54) is 11.0 Å². The number of rotatable bonds is 6. The molecule has 0 radical (unpaired) electrons. The minimum Gasteiger partial charge on any atom is -0.484 e. The third-order valence-electron chi connectivity index (χ3n) is 3.55. The zero-order valence-electron chi connectivity index (χ0n) is 13.5. The molecule has 3 rings (SSSR count). The van der Waals surface area contributed by atoms with Gasteiger partial charge < -0.3 is 9.64 Å². The van der Waals surface area contributed by atoms with Gasteiger partial charge in [0.05, 0.1) is 5.69 Å². The maximum atomic E-state index is 12.2. The van der Waals surface area contributed by atoms with E-state index in [0.717, 1.165) is 11.3 Å². The van der Waals surface area contributed by atoms with E-state index in [1.54, 1.807) is 36.2 Å². The summed E-state index contributed by atoms with van der Waals surface area (Å²) in [7, 11) is 1.73. The fourth-order valence-electron chi connectivity index (χ4n) is 2.20. The molecule has 0 saturated heterocycles. The Labute approximate surface area is 149 Å². The first-order valence-electron chi connectivity index (χ1n) is 7.56. The molecule has 2 aromatic carbocycles. The predicted molar refractivity (Wildman–Crippen MR) is 92.6 cm³/mol. The van der Waals surface area contributed by atoms with E-state index in [9.17, 15) is 4.79 Å². The van der Waals surface area contributed by atoms with Gasteiger partial charge in [-0.3, -0.25) is 4.79 Å². The van der Waals surface area contributed by atoms with E-state index in [4.69, 9.17) is 16.3 Å². The summed E-state index contributed by atoms with van der Waals surface area (Å²) in [6, 6.07) is 14.6. The van der Waals surface area contributed by atoms with E-state index in [2.05, 4.69) is 15.5 Å². The Morgan fingerprint density at radius 3 is 2.76 bits per heavy atom. The summed E-state index contributed by atoms with van der Waals surface area (Å²) < 4.78 is 7.11. The summed E-state index contributed by atoms with van der Waals surface area (Å²) in [6.45, 7) is 0.438. The lowest BCUT2D eigenvalue weighted by molar-refractivity contribution is -0.132. The van der Waals surface area contributed by atoms with Crippen molar-refractivity contribution >= 4 is 17.5 Å². The first-order chi connectivity index (χ1) is 12.1. The van der Waals surface area contributed by atoms with Gasteiger partial charge in [-0.25, -0.2) is 4.68 Å². The SMILES string of the molecule is CN(Cc1ccc(Cl)cc1)C(=O)COc1cccc(-n2cnnn2)c1. The summed E-state index contributed by atoms with van der Waals surface area (Å²) in [4.78, 5) is 13.8. The Kier molecular flexibility index (Phi) is 5.25. The van der Waals surface area contributed by atoms with Crippen molar-refractivity contribution in [1.29, 1.82) is 0 Å². The minimum atomic E-state index is -0.122. The second kappa shape index (κ2) is 7.76. The van der Waals surface area contributed by atoms with Crippen LogP contribution in [0.15, 0.2) is 54.9 Å². The number of carbonyl (C=O) groups is 1. The average Bonchev–Trinajstić information content (AvgIpc) is 3.16. The monoisotopic (exact) mass is 357 g/mol. The lowest BCUT2D eigenvalue weighted by Gasteiger charge is -2.17. The van der Waals surface area contributed by atoms with Crippen LogP contribution in [0, 0.1) is 0 Å². The van der Waals surface area contributed by atoms with Crippen LogP contribution in [0.2, 0.25) is 5.02 Å². The van der Waals surface area contributed by atoms with E-state index < -0.39 is 0 Å². The fraction of sp³-hybridized carbons (Fsp3) is 0.176. The molecule has 25 heavy (non-hydrogen) atoms. The molecule has 0 spiro atoms. The maximum absolute atomic E-state index is 12.2. The highest BCUT2D eigenvalue weighted by Gasteiger charge is 2.11. The van der Waals surface area contributed by atoms with E-state index in [-0.39, 0.29) is 12.5 Å². The number of benzene rings is 2.